The Bertz CT molecular complexity index is 524. The molecule has 0 aromatic carbocycles. The summed E-state index contributed by atoms with van der Waals surface area (Å²) in [6.07, 6.45) is 2.04. The Morgan fingerprint density at radius 1 is 1.50 bits per heavy atom. The first kappa shape index (κ1) is 15.3. The summed E-state index contributed by atoms with van der Waals surface area (Å²) in [7, 11) is 0. The summed E-state index contributed by atoms with van der Waals surface area (Å²) >= 11 is 1.34. The van der Waals surface area contributed by atoms with Crippen LogP contribution in [0, 0.1) is 6.92 Å². The number of amides is 1. The number of halogens is 2. The fourth-order valence-corrected chi connectivity index (χ4v) is 2.92. The van der Waals surface area contributed by atoms with Gasteiger partial charge < -0.3 is 10.4 Å². The van der Waals surface area contributed by atoms with E-state index in [0.29, 0.717) is 11.4 Å². The quantitative estimate of drug-likeness (QED) is 0.897. The molecule has 20 heavy (non-hydrogen) atoms. The molecule has 1 amide bonds. The number of nitrogens with one attached hydrogen (secondary N) is 1. The number of hydrogen-bond donors (Lipinski definition) is 2. The summed E-state index contributed by atoms with van der Waals surface area (Å²) in [6.45, 7) is 5.08. The number of carbonyl (C=O) groups excluding carboxylic acids is 1. The van der Waals surface area contributed by atoms with Gasteiger partial charge in [0.05, 0.1) is 5.54 Å². The minimum absolute atomic E-state index is 0.0514. The first-order valence-electron chi connectivity index (χ1n) is 6.44. The van der Waals surface area contributed by atoms with Crippen molar-refractivity contribution in [3.8, 4) is 0 Å². The third-order valence-electron chi connectivity index (χ3n) is 3.63. The van der Waals surface area contributed by atoms with E-state index in [1.165, 1.54) is 11.3 Å². The molecule has 1 aliphatic carbocycles. The highest BCUT2D eigenvalue weighted by atomic mass is 32.1. The van der Waals surface area contributed by atoms with Crippen LogP contribution in [0.3, 0.4) is 0 Å². The Balaban J connectivity index is 2.14. The smallest absolute Gasteiger partial charge is 0.352 e. The normalized spacial score (nSPS) is 18.5. The molecule has 0 saturated heterocycles. The summed E-state index contributed by atoms with van der Waals surface area (Å²) in [4.78, 5) is 16.9. The van der Waals surface area contributed by atoms with E-state index in [1.54, 1.807) is 20.0 Å². The second-order valence-electron chi connectivity index (χ2n) is 5.81. The molecule has 0 radical (unpaired) electrons. The van der Waals surface area contributed by atoms with Gasteiger partial charge in [0.25, 0.3) is 5.91 Å². The summed E-state index contributed by atoms with van der Waals surface area (Å²) in [5.74, 6) is -5.23. The molecule has 2 N–H and O–H groups in total. The molecule has 0 spiro atoms. The number of carbonyl (C=O) groups is 1. The van der Waals surface area contributed by atoms with E-state index in [9.17, 15) is 18.7 Å². The van der Waals surface area contributed by atoms with Crippen molar-refractivity contribution >= 4 is 17.2 Å². The molecule has 1 aromatic heterocycles. The molecule has 1 aliphatic rings. The Labute approximate surface area is 120 Å². The van der Waals surface area contributed by atoms with E-state index in [0.717, 1.165) is 4.88 Å². The van der Waals surface area contributed by atoms with Crippen molar-refractivity contribution in [3.05, 3.63) is 16.1 Å². The molecule has 0 atom stereocenters. The average molecular weight is 304 g/mol. The Morgan fingerprint density at radius 3 is 2.50 bits per heavy atom. The highest BCUT2D eigenvalue weighted by Crippen LogP contribution is 2.44. The minimum Gasteiger partial charge on any atom is -0.383 e. The lowest BCUT2D eigenvalue weighted by molar-refractivity contribution is -0.217. The summed E-state index contributed by atoms with van der Waals surface area (Å²) in [6, 6.07) is 0. The third-order valence-corrected chi connectivity index (χ3v) is 4.87. The van der Waals surface area contributed by atoms with Crippen molar-refractivity contribution in [3.63, 3.8) is 0 Å². The molecule has 1 aromatic rings. The maximum atomic E-state index is 14.0. The first-order chi connectivity index (χ1) is 9.08. The minimum atomic E-state index is -3.78. The van der Waals surface area contributed by atoms with Gasteiger partial charge in [-0.3, -0.25) is 4.79 Å². The van der Waals surface area contributed by atoms with Crippen LogP contribution < -0.4 is 5.32 Å². The van der Waals surface area contributed by atoms with Crippen molar-refractivity contribution in [1.82, 2.24) is 10.3 Å². The van der Waals surface area contributed by atoms with E-state index in [1.807, 2.05) is 6.92 Å². The van der Waals surface area contributed by atoms with Gasteiger partial charge >= 0.3 is 5.92 Å². The van der Waals surface area contributed by atoms with E-state index in [-0.39, 0.29) is 12.8 Å². The van der Waals surface area contributed by atoms with Crippen molar-refractivity contribution in [2.45, 2.75) is 57.1 Å². The second-order valence-corrected chi connectivity index (χ2v) is 7.05. The van der Waals surface area contributed by atoms with Crippen LogP contribution in [0.15, 0.2) is 6.20 Å². The lowest BCUT2D eigenvalue weighted by atomic mass is 9.75. The summed E-state index contributed by atoms with van der Waals surface area (Å²) in [5.41, 5.74) is -3.20. The number of aryl methyl sites for hydroxylation is 1. The van der Waals surface area contributed by atoms with Gasteiger partial charge in [-0.25, -0.2) is 4.98 Å². The predicted octanol–water partition coefficient (Wildman–Crippen LogP) is 2.35. The molecule has 0 unspecified atom stereocenters. The molecule has 0 bridgehead atoms. The van der Waals surface area contributed by atoms with Crippen LogP contribution in [0.25, 0.3) is 0 Å². The van der Waals surface area contributed by atoms with Gasteiger partial charge in [0.2, 0.25) is 0 Å². The molecule has 0 aliphatic heterocycles. The van der Waals surface area contributed by atoms with Crippen LogP contribution in [-0.2, 0) is 10.3 Å². The van der Waals surface area contributed by atoms with E-state index in [2.05, 4.69) is 10.3 Å². The number of nitrogens with zero attached hydrogens (tertiary/aromatic N) is 1. The molecule has 1 heterocycles. The Kier molecular flexibility index (Phi) is 3.62. The lowest BCUT2D eigenvalue weighted by Crippen LogP contribution is -2.62. The van der Waals surface area contributed by atoms with Gasteiger partial charge in [-0.05, 0) is 40.0 Å². The van der Waals surface area contributed by atoms with Gasteiger partial charge in [0.15, 0.2) is 0 Å². The van der Waals surface area contributed by atoms with Crippen LogP contribution in [0.5, 0.6) is 0 Å². The molecule has 1 saturated carbocycles. The van der Waals surface area contributed by atoms with Crippen molar-refractivity contribution in [2.75, 3.05) is 0 Å². The van der Waals surface area contributed by atoms with Crippen molar-refractivity contribution in [1.29, 1.82) is 0 Å². The standard InChI is InChI=1S/C13H18F2N2O2S/c1-8-7-16-10(20-8)11(2,3)17-9(18)13(14,15)12(19)5-4-6-12/h7,19H,4-6H2,1-3H3,(H,17,18). The van der Waals surface area contributed by atoms with Crippen LogP contribution in [0.2, 0.25) is 0 Å². The van der Waals surface area contributed by atoms with Crippen molar-refractivity contribution < 1.29 is 18.7 Å². The monoisotopic (exact) mass is 304 g/mol. The maximum Gasteiger partial charge on any atom is 0.352 e. The third kappa shape index (κ3) is 2.44. The van der Waals surface area contributed by atoms with Crippen molar-refractivity contribution in [2.24, 2.45) is 0 Å². The highest BCUT2D eigenvalue weighted by Gasteiger charge is 2.61. The number of alkyl halides is 2. The average Bonchev–Trinajstić information content (AvgIpc) is 2.72. The zero-order valence-corrected chi connectivity index (χ0v) is 12.5. The molecular formula is C13H18F2N2O2S. The highest BCUT2D eigenvalue weighted by molar-refractivity contribution is 7.11. The summed E-state index contributed by atoms with van der Waals surface area (Å²) < 4.78 is 28.0. The zero-order valence-electron chi connectivity index (χ0n) is 11.7. The maximum absolute atomic E-state index is 14.0. The lowest BCUT2D eigenvalue weighted by Gasteiger charge is -2.42. The second kappa shape index (κ2) is 4.73. The zero-order chi connectivity index (χ0) is 15.2. The number of aromatic nitrogens is 1. The van der Waals surface area contributed by atoms with Crippen LogP contribution >= 0.6 is 11.3 Å². The fourth-order valence-electron chi connectivity index (χ4n) is 2.10. The predicted molar refractivity (Wildman–Crippen MR) is 71.8 cm³/mol. The fraction of sp³-hybridized carbons (Fsp3) is 0.692. The van der Waals surface area contributed by atoms with Gasteiger partial charge in [-0.1, -0.05) is 0 Å². The molecule has 4 nitrogen and oxygen atoms in total. The number of rotatable bonds is 4. The van der Waals surface area contributed by atoms with Gasteiger partial charge in [0, 0.05) is 11.1 Å². The Hall–Kier alpha value is -1.08. The SMILES string of the molecule is Cc1cnc(C(C)(C)NC(=O)C(F)(F)C2(O)CCC2)s1. The van der Waals surface area contributed by atoms with Crippen LogP contribution in [0.4, 0.5) is 8.78 Å². The number of hydrogen-bond acceptors (Lipinski definition) is 4. The van der Waals surface area contributed by atoms with E-state index >= 15 is 0 Å². The van der Waals surface area contributed by atoms with E-state index < -0.39 is 23.0 Å². The van der Waals surface area contributed by atoms with Gasteiger partial charge in [0.1, 0.15) is 10.6 Å². The van der Waals surface area contributed by atoms with E-state index in [4.69, 9.17) is 0 Å². The molecular weight excluding hydrogens is 286 g/mol. The summed E-state index contributed by atoms with van der Waals surface area (Å²) in [5, 5.41) is 12.6. The van der Waals surface area contributed by atoms with Gasteiger partial charge in [-0.15, -0.1) is 11.3 Å². The van der Waals surface area contributed by atoms with Gasteiger partial charge in [-0.2, -0.15) is 8.78 Å². The molecule has 7 heteroatoms. The van der Waals surface area contributed by atoms with Crippen LogP contribution in [-0.4, -0.2) is 27.5 Å². The topological polar surface area (TPSA) is 62.2 Å². The molecule has 112 valence electrons. The Morgan fingerprint density at radius 2 is 2.10 bits per heavy atom. The number of aliphatic hydroxyl groups is 1. The number of thiazole rings is 1. The largest absolute Gasteiger partial charge is 0.383 e. The van der Waals surface area contributed by atoms with Crippen LogP contribution in [0.1, 0.15) is 43.0 Å². The molecule has 1 fully saturated rings. The first-order valence-corrected chi connectivity index (χ1v) is 7.26. The molecule has 2 rings (SSSR count).